The summed E-state index contributed by atoms with van der Waals surface area (Å²) in [5.74, 6) is -4.25. The van der Waals surface area contributed by atoms with E-state index in [9.17, 15) is 17.6 Å². The number of rotatable bonds is 4. The van der Waals surface area contributed by atoms with Crippen molar-refractivity contribution in [2.75, 3.05) is 6.61 Å². The smallest absolute Gasteiger partial charge is 0.340 e. The van der Waals surface area contributed by atoms with Gasteiger partial charge in [0.2, 0.25) is 5.88 Å². The monoisotopic (exact) mass is 301 g/mol. The van der Waals surface area contributed by atoms with Gasteiger partial charge in [-0.3, -0.25) is 0 Å². The second kappa shape index (κ2) is 4.99. The summed E-state index contributed by atoms with van der Waals surface area (Å²) < 4.78 is 53.9. The Morgan fingerprint density at radius 2 is 2.12 bits per heavy atom. The molecule has 0 amide bonds. The van der Waals surface area contributed by atoms with Crippen molar-refractivity contribution in [3.63, 3.8) is 0 Å². The van der Waals surface area contributed by atoms with Gasteiger partial charge in [0.15, 0.2) is 6.61 Å². The molecule has 1 heterocycles. The number of hydrogen-bond donors (Lipinski definition) is 0. The van der Waals surface area contributed by atoms with Gasteiger partial charge in [-0.25, -0.2) is 13.8 Å². The minimum absolute atomic E-state index is 0.0801. The average molecular weight is 302 g/mol. The molecule has 90 valence electrons. The standard InChI is InChI=1S/C9H8BrF4NO/c1-5-2-6(10)3-15-7(5)16-4-9(13,14)8(11)12/h2-3,8H,4H2,1H3. The number of pyridine rings is 1. The Hall–Kier alpha value is -0.850. The number of nitrogens with zero attached hydrogens (tertiary/aromatic N) is 1. The molecule has 0 aliphatic rings. The molecule has 0 saturated carbocycles. The van der Waals surface area contributed by atoms with E-state index in [-0.39, 0.29) is 5.88 Å². The lowest BCUT2D eigenvalue weighted by molar-refractivity contribution is -0.148. The number of hydrogen-bond acceptors (Lipinski definition) is 2. The zero-order valence-electron chi connectivity index (χ0n) is 8.18. The van der Waals surface area contributed by atoms with Crippen molar-refractivity contribution in [1.29, 1.82) is 0 Å². The van der Waals surface area contributed by atoms with E-state index in [4.69, 9.17) is 0 Å². The summed E-state index contributed by atoms with van der Waals surface area (Å²) in [6.07, 6.45) is -2.41. The lowest BCUT2D eigenvalue weighted by Crippen LogP contribution is -2.34. The van der Waals surface area contributed by atoms with Gasteiger partial charge in [0.25, 0.3) is 0 Å². The van der Waals surface area contributed by atoms with Gasteiger partial charge < -0.3 is 4.74 Å². The second-order valence-electron chi connectivity index (χ2n) is 3.13. The van der Waals surface area contributed by atoms with Crippen molar-refractivity contribution in [3.8, 4) is 5.88 Å². The molecule has 0 fully saturated rings. The Morgan fingerprint density at radius 3 is 2.62 bits per heavy atom. The van der Waals surface area contributed by atoms with E-state index in [2.05, 4.69) is 25.7 Å². The van der Waals surface area contributed by atoms with Crippen LogP contribution in [0.15, 0.2) is 16.7 Å². The zero-order chi connectivity index (χ0) is 12.3. The zero-order valence-corrected chi connectivity index (χ0v) is 9.77. The maximum atomic E-state index is 12.5. The summed E-state index contributed by atoms with van der Waals surface area (Å²) >= 11 is 3.12. The number of alkyl halides is 4. The predicted molar refractivity (Wildman–Crippen MR) is 53.1 cm³/mol. The highest BCUT2D eigenvalue weighted by Gasteiger charge is 2.41. The van der Waals surface area contributed by atoms with Crippen molar-refractivity contribution in [1.82, 2.24) is 4.98 Å². The maximum absolute atomic E-state index is 12.5. The molecule has 1 rings (SSSR count). The molecule has 0 aromatic carbocycles. The third kappa shape index (κ3) is 3.33. The van der Waals surface area contributed by atoms with E-state index >= 15 is 0 Å². The molecule has 16 heavy (non-hydrogen) atoms. The van der Waals surface area contributed by atoms with Crippen molar-refractivity contribution >= 4 is 15.9 Å². The summed E-state index contributed by atoms with van der Waals surface area (Å²) in [7, 11) is 0. The molecule has 0 aliphatic carbocycles. The van der Waals surface area contributed by atoms with E-state index in [0.29, 0.717) is 10.0 Å². The third-order valence-corrected chi connectivity index (χ3v) is 2.15. The summed E-state index contributed by atoms with van der Waals surface area (Å²) in [5.41, 5.74) is 0.486. The fraction of sp³-hybridized carbons (Fsp3) is 0.444. The first-order chi connectivity index (χ1) is 7.33. The van der Waals surface area contributed by atoms with Crippen LogP contribution in [0.2, 0.25) is 0 Å². The number of halogens is 5. The third-order valence-electron chi connectivity index (χ3n) is 1.72. The molecule has 1 aromatic rings. The maximum Gasteiger partial charge on any atom is 0.340 e. The lowest BCUT2D eigenvalue weighted by Gasteiger charge is -2.16. The van der Waals surface area contributed by atoms with Gasteiger partial charge in [-0.1, -0.05) is 0 Å². The van der Waals surface area contributed by atoms with Crippen LogP contribution in [-0.4, -0.2) is 23.9 Å². The van der Waals surface area contributed by atoms with Gasteiger partial charge in [-0.05, 0) is 28.9 Å². The molecule has 2 nitrogen and oxygen atoms in total. The van der Waals surface area contributed by atoms with E-state index < -0.39 is 19.0 Å². The quantitative estimate of drug-likeness (QED) is 0.795. The molecule has 1 aromatic heterocycles. The van der Waals surface area contributed by atoms with E-state index in [1.165, 1.54) is 6.20 Å². The van der Waals surface area contributed by atoms with Crippen LogP contribution in [0.25, 0.3) is 0 Å². The van der Waals surface area contributed by atoms with Crippen molar-refractivity contribution in [3.05, 3.63) is 22.3 Å². The topological polar surface area (TPSA) is 22.1 Å². The number of ether oxygens (including phenoxy) is 1. The minimum Gasteiger partial charge on any atom is -0.471 e. The molecule has 0 radical (unpaired) electrons. The van der Waals surface area contributed by atoms with Crippen LogP contribution in [0.5, 0.6) is 5.88 Å². The first kappa shape index (κ1) is 13.2. The first-order valence-electron chi connectivity index (χ1n) is 4.24. The van der Waals surface area contributed by atoms with Gasteiger partial charge in [0.05, 0.1) is 0 Å². The van der Waals surface area contributed by atoms with Crippen LogP contribution in [0.1, 0.15) is 5.56 Å². The Labute approximate surface area is 97.8 Å². The summed E-state index contributed by atoms with van der Waals surface area (Å²) in [4.78, 5) is 3.69. The van der Waals surface area contributed by atoms with Crippen molar-refractivity contribution in [2.24, 2.45) is 0 Å². The van der Waals surface area contributed by atoms with E-state index in [1.807, 2.05) is 0 Å². The Kier molecular flexibility index (Phi) is 4.12. The number of aryl methyl sites for hydroxylation is 1. The first-order valence-corrected chi connectivity index (χ1v) is 5.03. The largest absolute Gasteiger partial charge is 0.471 e. The Bertz CT molecular complexity index is 373. The average Bonchev–Trinajstić information content (AvgIpc) is 2.16. The Morgan fingerprint density at radius 1 is 1.50 bits per heavy atom. The second-order valence-corrected chi connectivity index (χ2v) is 4.04. The Balaban J connectivity index is 2.68. The van der Waals surface area contributed by atoms with E-state index in [1.54, 1.807) is 13.0 Å². The van der Waals surface area contributed by atoms with Gasteiger partial charge >= 0.3 is 12.3 Å². The SMILES string of the molecule is Cc1cc(Br)cnc1OCC(F)(F)C(F)F. The summed E-state index contributed by atoms with van der Waals surface area (Å²) in [5, 5.41) is 0. The fourth-order valence-corrected chi connectivity index (χ4v) is 1.35. The van der Waals surface area contributed by atoms with Crippen LogP contribution in [0.4, 0.5) is 17.6 Å². The minimum atomic E-state index is -4.17. The molecule has 0 saturated heterocycles. The van der Waals surface area contributed by atoms with Crippen LogP contribution in [0, 0.1) is 6.92 Å². The molecule has 0 atom stereocenters. The lowest BCUT2D eigenvalue weighted by atomic mass is 10.3. The molecular formula is C9H8BrF4NO. The normalized spacial score (nSPS) is 11.9. The molecule has 0 unspecified atom stereocenters. The fourth-order valence-electron chi connectivity index (χ4n) is 0.907. The predicted octanol–water partition coefficient (Wildman–Crippen LogP) is 3.43. The highest BCUT2D eigenvalue weighted by molar-refractivity contribution is 9.10. The molecule has 0 N–H and O–H groups in total. The molecule has 0 aliphatic heterocycles. The molecular weight excluding hydrogens is 294 g/mol. The van der Waals surface area contributed by atoms with Gasteiger partial charge in [0.1, 0.15) is 0 Å². The molecule has 0 spiro atoms. The molecule has 7 heteroatoms. The van der Waals surface area contributed by atoms with Gasteiger partial charge in [0, 0.05) is 16.2 Å². The highest BCUT2D eigenvalue weighted by atomic mass is 79.9. The van der Waals surface area contributed by atoms with E-state index in [0.717, 1.165) is 0 Å². The molecule has 0 bridgehead atoms. The van der Waals surface area contributed by atoms with Crippen LogP contribution < -0.4 is 4.74 Å². The highest BCUT2D eigenvalue weighted by Crippen LogP contribution is 2.25. The summed E-state index contributed by atoms with van der Waals surface area (Å²) in [6.45, 7) is 0.188. The van der Waals surface area contributed by atoms with Crippen LogP contribution in [-0.2, 0) is 0 Å². The van der Waals surface area contributed by atoms with Gasteiger partial charge in [-0.15, -0.1) is 0 Å². The summed E-state index contributed by atoms with van der Waals surface area (Å²) in [6, 6.07) is 1.59. The van der Waals surface area contributed by atoms with Crippen LogP contribution in [0.3, 0.4) is 0 Å². The van der Waals surface area contributed by atoms with Crippen molar-refractivity contribution in [2.45, 2.75) is 19.3 Å². The van der Waals surface area contributed by atoms with Gasteiger partial charge in [-0.2, -0.15) is 8.78 Å². The van der Waals surface area contributed by atoms with Crippen molar-refractivity contribution < 1.29 is 22.3 Å². The number of aromatic nitrogens is 1. The van der Waals surface area contributed by atoms with Crippen LogP contribution >= 0.6 is 15.9 Å².